The van der Waals surface area contributed by atoms with Gasteiger partial charge in [-0.25, -0.2) is 8.78 Å². The van der Waals surface area contributed by atoms with Gasteiger partial charge in [-0.15, -0.1) is 0 Å². The van der Waals surface area contributed by atoms with Crippen LogP contribution < -0.4 is 11.3 Å². The molecule has 0 fully saturated rings. The van der Waals surface area contributed by atoms with Gasteiger partial charge in [0.05, 0.1) is 6.61 Å². The van der Waals surface area contributed by atoms with Crippen LogP contribution in [0.1, 0.15) is 46.0 Å². The molecule has 7 heteroatoms. The molecule has 0 aliphatic heterocycles. The summed E-state index contributed by atoms with van der Waals surface area (Å²) >= 11 is 0. The summed E-state index contributed by atoms with van der Waals surface area (Å²) in [7, 11) is 0. The van der Waals surface area contributed by atoms with Crippen LogP contribution in [0.3, 0.4) is 0 Å². The molecule has 0 aromatic heterocycles. The van der Waals surface area contributed by atoms with E-state index in [4.69, 9.17) is 10.6 Å². The molecule has 2 unspecified atom stereocenters. The maximum Gasteiger partial charge on any atom is 0.330 e. The number of rotatable bonds is 12. The topological polar surface area (TPSA) is 47.3 Å². The first kappa shape index (κ1) is 19.6. The van der Waals surface area contributed by atoms with Crippen molar-refractivity contribution in [3.8, 4) is 0 Å². The lowest BCUT2D eigenvalue weighted by Crippen LogP contribution is -2.42. The highest BCUT2D eigenvalue weighted by atomic mass is 19.3. The quantitative estimate of drug-likeness (QED) is 0.330. The minimum Gasteiger partial charge on any atom is -0.373 e. The lowest BCUT2D eigenvalue weighted by molar-refractivity contribution is -0.167. The summed E-state index contributed by atoms with van der Waals surface area (Å²) in [6.07, 6.45) is 1.17. The Morgan fingerprint density at radius 3 is 2.35 bits per heavy atom. The van der Waals surface area contributed by atoms with Gasteiger partial charge in [0.15, 0.2) is 0 Å². The molecule has 0 heterocycles. The van der Waals surface area contributed by atoms with E-state index in [9.17, 15) is 17.6 Å². The van der Waals surface area contributed by atoms with E-state index in [2.05, 4.69) is 19.3 Å². The van der Waals surface area contributed by atoms with Crippen LogP contribution in [0.15, 0.2) is 0 Å². The second kappa shape index (κ2) is 10.3. The number of halogens is 4. The van der Waals surface area contributed by atoms with Gasteiger partial charge in [0.1, 0.15) is 6.61 Å². The second-order valence-corrected chi connectivity index (χ2v) is 5.09. The minimum atomic E-state index is -4.11. The number of hydrazine groups is 1. The van der Waals surface area contributed by atoms with E-state index in [0.717, 1.165) is 25.7 Å². The van der Waals surface area contributed by atoms with E-state index in [1.165, 1.54) is 0 Å². The first-order valence-electron chi connectivity index (χ1n) is 7.07. The van der Waals surface area contributed by atoms with Crippen molar-refractivity contribution in [2.75, 3.05) is 13.2 Å². The van der Waals surface area contributed by atoms with Crippen LogP contribution in [-0.4, -0.2) is 31.6 Å². The summed E-state index contributed by atoms with van der Waals surface area (Å²) in [5.74, 6) is 1.67. The molecule has 0 radical (unpaired) electrons. The van der Waals surface area contributed by atoms with E-state index in [1.807, 2.05) is 0 Å². The molecule has 0 bridgehead atoms. The smallest absolute Gasteiger partial charge is 0.330 e. The molecule has 0 aromatic rings. The molecule has 0 spiro atoms. The zero-order valence-electron chi connectivity index (χ0n) is 12.2. The van der Waals surface area contributed by atoms with Crippen molar-refractivity contribution in [2.24, 2.45) is 11.8 Å². The van der Waals surface area contributed by atoms with E-state index < -0.39 is 19.0 Å². The third kappa shape index (κ3) is 8.01. The number of nitrogens with one attached hydrogen (secondary N) is 1. The molecule has 0 saturated carbocycles. The van der Waals surface area contributed by atoms with E-state index in [0.29, 0.717) is 12.3 Å². The molecular weight excluding hydrogens is 276 g/mol. The van der Waals surface area contributed by atoms with Crippen molar-refractivity contribution in [1.82, 2.24) is 5.43 Å². The van der Waals surface area contributed by atoms with Crippen LogP contribution in [0, 0.1) is 5.92 Å². The van der Waals surface area contributed by atoms with Gasteiger partial charge in [-0.2, -0.15) is 8.78 Å². The maximum absolute atomic E-state index is 12.7. The molecular formula is C13H26F4N2O. The van der Waals surface area contributed by atoms with Crippen LogP contribution in [0.5, 0.6) is 0 Å². The van der Waals surface area contributed by atoms with Crippen molar-refractivity contribution in [3.05, 3.63) is 0 Å². The van der Waals surface area contributed by atoms with Gasteiger partial charge in [-0.1, -0.05) is 39.5 Å². The zero-order valence-corrected chi connectivity index (χ0v) is 12.2. The third-order valence-electron chi connectivity index (χ3n) is 3.33. The van der Waals surface area contributed by atoms with Crippen molar-refractivity contribution < 1.29 is 22.3 Å². The van der Waals surface area contributed by atoms with Gasteiger partial charge in [0, 0.05) is 6.04 Å². The van der Waals surface area contributed by atoms with Crippen LogP contribution in [0.4, 0.5) is 17.6 Å². The molecule has 122 valence electrons. The summed E-state index contributed by atoms with van der Waals surface area (Å²) in [5.41, 5.74) is 2.50. The normalized spacial score (nSPS) is 15.6. The molecule has 2 atom stereocenters. The first-order valence-corrected chi connectivity index (χ1v) is 7.07. The van der Waals surface area contributed by atoms with Gasteiger partial charge in [0.2, 0.25) is 0 Å². The zero-order chi connectivity index (χ0) is 15.6. The fourth-order valence-electron chi connectivity index (χ4n) is 1.97. The Bertz CT molecular complexity index is 242. The Labute approximate surface area is 118 Å². The standard InChI is InChI=1S/C13H26F4N2O/c1-3-5-6-10(4-2)7-11(19-18)8-20-9-13(16,17)12(14)15/h10-12,19H,3-9,18H2,1-2H3. The van der Waals surface area contributed by atoms with Crippen LogP contribution in [0.25, 0.3) is 0 Å². The van der Waals surface area contributed by atoms with E-state index >= 15 is 0 Å². The highest BCUT2D eigenvalue weighted by Crippen LogP contribution is 2.23. The number of ether oxygens (including phenoxy) is 1. The number of hydrogen-bond acceptors (Lipinski definition) is 3. The number of nitrogens with two attached hydrogens (primary N) is 1. The second-order valence-electron chi connectivity index (χ2n) is 5.09. The molecule has 0 aliphatic rings. The van der Waals surface area contributed by atoms with Gasteiger partial charge < -0.3 is 4.74 Å². The summed E-state index contributed by atoms with van der Waals surface area (Å²) in [5, 5.41) is 0. The number of unbranched alkanes of at least 4 members (excludes halogenated alkanes) is 1. The fourth-order valence-corrected chi connectivity index (χ4v) is 1.97. The highest BCUT2D eigenvalue weighted by molar-refractivity contribution is 4.72. The van der Waals surface area contributed by atoms with Gasteiger partial charge in [-0.05, 0) is 12.3 Å². The van der Waals surface area contributed by atoms with Crippen LogP contribution in [0.2, 0.25) is 0 Å². The first-order chi connectivity index (χ1) is 9.37. The molecule has 20 heavy (non-hydrogen) atoms. The lowest BCUT2D eigenvalue weighted by atomic mass is 9.92. The van der Waals surface area contributed by atoms with Gasteiger partial charge in [0.25, 0.3) is 0 Å². The molecule has 0 aromatic carbocycles. The van der Waals surface area contributed by atoms with Crippen molar-refractivity contribution in [1.29, 1.82) is 0 Å². The summed E-state index contributed by atoms with van der Waals surface area (Å²) < 4.78 is 53.9. The third-order valence-corrected chi connectivity index (χ3v) is 3.33. The fraction of sp³-hybridized carbons (Fsp3) is 1.00. The largest absolute Gasteiger partial charge is 0.373 e. The van der Waals surface area contributed by atoms with E-state index in [1.54, 1.807) is 0 Å². The maximum atomic E-state index is 12.7. The monoisotopic (exact) mass is 302 g/mol. The summed E-state index contributed by atoms with van der Waals surface area (Å²) in [6.45, 7) is 2.77. The van der Waals surface area contributed by atoms with Gasteiger partial charge >= 0.3 is 12.3 Å². The molecule has 3 N–H and O–H groups in total. The molecule has 3 nitrogen and oxygen atoms in total. The summed E-state index contributed by atoms with van der Waals surface area (Å²) in [6, 6.07) is -0.301. The Kier molecular flexibility index (Phi) is 10.1. The molecule has 0 saturated heterocycles. The summed E-state index contributed by atoms with van der Waals surface area (Å²) in [4.78, 5) is 0. The Balaban J connectivity index is 4.08. The lowest BCUT2D eigenvalue weighted by Gasteiger charge is -2.23. The molecule has 0 amide bonds. The Morgan fingerprint density at radius 2 is 1.90 bits per heavy atom. The molecule has 0 aliphatic carbocycles. The SMILES string of the molecule is CCCCC(CC)CC(COCC(F)(F)C(F)F)NN. The van der Waals surface area contributed by atoms with Crippen molar-refractivity contribution >= 4 is 0 Å². The molecule has 0 rings (SSSR count). The average molecular weight is 302 g/mol. The predicted molar refractivity (Wildman–Crippen MR) is 70.8 cm³/mol. The predicted octanol–water partition coefficient (Wildman–Crippen LogP) is 3.34. The number of hydrogen-bond donors (Lipinski definition) is 2. The van der Waals surface area contributed by atoms with Crippen molar-refractivity contribution in [3.63, 3.8) is 0 Å². The Hall–Kier alpha value is -0.400. The van der Waals surface area contributed by atoms with Crippen LogP contribution >= 0.6 is 0 Å². The minimum absolute atomic E-state index is 0.0958. The Morgan fingerprint density at radius 1 is 1.25 bits per heavy atom. The van der Waals surface area contributed by atoms with E-state index in [-0.39, 0.29) is 12.6 Å². The van der Waals surface area contributed by atoms with Crippen LogP contribution in [-0.2, 0) is 4.74 Å². The number of alkyl halides is 4. The average Bonchev–Trinajstić information content (AvgIpc) is 2.41. The van der Waals surface area contributed by atoms with Crippen molar-refractivity contribution in [2.45, 2.75) is 64.3 Å². The van der Waals surface area contributed by atoms with Gasteiger partial charge in [-0.3, -0.25) is 11.3 Å². The highest BCUT2D eigenvalue weighted by Gasteiger charge is 2.41.